The molecule has 1 fully saturated rings. The molecule has 1 aromatic rings. The van der Waals surface area contributed by atoms with Gasteiger partial charge in [0.1, 0.15) is 5.76 Å². The van der Waals surface area contributed by atoms with Crippen molar-refractivity contribution in [2.24, 2.45) is 0 Å². The first-order valence-electron chi connectivity index (χ1n) is 5.25. The highest BCUT2D eigenvalue weighted by molar-refractivity contribution is 5.30. The summed E-state index contributed by atoms with van der Waals surface area (Å²) in [7, 11) is 1.90. The maximum atomic E-state index is 5.69. The van der Waals surface area contributed by atoms with Crippen molar-refractivity contribution in [1.82, 2.24) is 10.3 Å². The number of morpholine rings is 1. The fourth-order valence-corrected chi connectivity index (χ4v) is 1.63. The predicted molar refractivity (Wildman–Crippen MR) is 57.0 cm³/mol. The van der Waals surface area contributed by atoms with Crippen LogP contribution >= 0.6 is 0 Å². The summed E-state index contributed by atoms with van der Waals surface area (Å²) >= 11 is 0. The second-order valence-electron chi connectivity index (χ2n) is 3.63. The van der Waals surface area contributed by atoms with Crippen LogP contribution in [0.2, 0.25) is 0 Å². The fraction of sp³-hybridized carbons (Fsp3) is 0.700. The largest absolute Gasteiger partial charge is 0.427 e. The number of nitrogens with zero attached hydrogens (tertiary/aromatic N) is 2. The number of aromatic nitrogens is 1. The van der Waals surface area contributed by atoms with Crippen molar-refractivity contribution in [1.29, 1.82) is 0 Å². The third kappa shape index (κ3) is 2.30. The van der Waals surface area contributed by atoms with Gasteiger partial charge in [-0.2, -0.15) is 4.98 Å². The summed E-state index contributed by atoms with van der Waals surface area (Å²) in [5.41, 5.74) is 0.964. The van der Waals surface area contributed by atoms with E-state index in [1.54, 1.807) is 0 Å². The SMILES string of the molecule is CNCc1oc(N2CCOCC2)nc1C. The van der Waals surface area contributed by atoms with E-state index in [1.165, 1.54) is 0 Å². The lowest BCUT2D eigenvalue weighted by atomic mass is 10.4. The van der Waals surface area contributed by atoms with Gasteiger partial charge in [0.2, 0.25) is 0 Å². The average Bonchev–Trinajstić information content (AvgIpc) is 2.63. The first-order valence-corrected chi connectivity index (χ1v) is 5.25. The Balaban J connectivity index is 2.10. The van der Waals surface area contributed by atoms with Crippen LogP contribution in [0.4, 0.5) is 6.01 Å². The third-order valence-corrected chi connectivity index (χ3v) is 2.50. The first kappa shape index (κ1) is 10.4. The average molecular weight is 211 g/mol. The molecule has 0 unspecified atom stereocenters. The van der Waals surface area contributed by atoms with Crippen molar-refractivity contribution in [3.8, 4) is 0 Å². The van der Waals surface area contributed by atoms with E-state index in [4.69, 9.17) is 9.15 Å². The Morgan fingerprint density at radius 2 is 2.13 bits per heavy atom. The van der Waals surface area contributed by atoms with Gasteiger partial charge in [-0.15, -0.1) is 0 Å². The van der Waals surface area contributed by atoms with E-state index in [0.717, 1.165) is 50.3 Å². The zero-order valence-electron chi connectivity index (χ0n) is 9.25. The number of anilines is 1. The van der Waals surface area contributed by atoms with Gasteiger partial charge in [0.05, 0.1) is 25.5 Å². The van der Waals surface area contributed by atoms with E-state index in [9.17, 15) is 0 Å². The summed E-state index contributed by atoms with van der Waals surface area (Å²) in [6.07, 6.45) is 0. The lowest BCUT2D eigenvalue weighted by Gasteiger charge is -2.24. The zero-order valence-corrected chi connectivity index (χ0v) is 9.25. The van der Waals surface area contributed by atoms with Crippen LogP contribution in [-0.4, -0.2) is 38.3 Å². The second-order valence-corrected chi connectivity index (χ2v) is 3.63. The molecule has 0 saturated carbocycles. The molecular weight excluding hydrogens is 194 g/mol. The molecule has 5 heteroatoms. The van der Waals surface area contributed by atoms with E-state index in [-0.39, 0.29) is 0 Å². The van der Waals surface area contributed by atoms with Gasteiger partial charge in [-0.25, -0.2) is 0 Å². The van der Waals surface area contributed by atoms with Crippen LogP contribution in [0.1, 0.15) is 11.5 Å². The number of hydrogen-bond donors (Lipinski definition) is 1. The van der Waals surface area contributed by atoms with Gasteiger partial charge in [-0.05, 0) is 14.0 Å². The van der Waals surface area contributed by atoms with Gasteiger partial charge in [-0.3, -0.25) is 0 Å². The Labute approximate surface area is 89.4 Å². The minimum absolute atomic E-state index is 0.723. The fourth-order valence-electron chi connectivity index (χ4n) is 1.63. The molecule has 1 saturated heterocycles. The lowest BCUT2D eigenvalue weighted by molar-refractivity contribution is 0.120. The minimum Gasteiger partial charge on any atom is -0.427 e. The van der Waals surface area contributed by atoms with Crippen LogP contribution in [0.5, 0.6) is 0 Å². The van der Waals surface area contributed by atoms with Crippen LogP contribution in [0.15, 0.2) is 4.42 Å². The van der Waals surface area contributed by atoms with Crippen LogP contribution in [0.25, 0.3) is 0 Å². The van der Waals surface area contributed by atoms with Crippen LogP contribution in [0.3, 0.4) is 0 Å². The highest BCUT2D eigenvalue weighted by Gasteiger charge is 2.17. The van der Waals surface area contributed by atoms with Gasteiger partial charge in [0.25, 0.3) is 6.01 Å². The Morgan fingerprint density at radius 3 is 2.80 bits per heavy atom. The lowest BCUT2D eigenvalue weighted by Crippen LogP contribution is -2.36. The van der Waals surface area contributed by atoms with Crippen molar-refractivity contribution in [2.75, 3.05) is 38.3 Å². The highest BCUT2D eigenvalue weighted by Crippen LogP contribution is 2.19. The summed E-state index contributed by atoms with van der Waals surface area (Å²) in [5, 5.41) is 3.06. The standard InChI is InChI=1S/C10H17N3O2/c1-8-9(7-11-2)15-10(12-8)13-3-5-14-6-4-13/h11H,3-7H2,1-2H3. The van der Waals surface area contributed by atoms with Crippen molar-refractivity contribution < 1.29 is 9.15 Å². The van der Waals surface area contributed by atoms with Crippen LogP contribution in [-0.2, 0) is 11.3 Å². The number of aryl methyl sites for hydroxylation is 1. The monoisotopic (exact) mass is 211 g/mol. The summed E-state index contributed by atoms with van der Waals surface area (Å²) in [4.78, 5) is 6.54. The quantitative estimate of drug-likeness (QED) is 0.790. The van der Waals surface area contributed by atoms with E-state index < -0.39 is 0 Å². The van der Waals surface area contributed by atoms with Gasteiger partial charge in [0.15, 0.2) is 0 Å². The molecule has 0 atom stereocenters. The van der Waals surface area contributed by atoms with Crippen LogP contribution < -0.4 is 10.2 Å². The minimum atomic E-state index is 0.723. The molecule has 0 bridgehead atoms. The summed E-state index contributed by atoms with van der Waals surface area (Å²) in [5.74, 6) is 0.916. The number of rotatable bonds is 3. The molecule has 1 aromatic heterocycles. The third-order valence-electron chi connectivity index (χ3n) is 2.50. The summed E-state index contributed by atoms with van der Waals surface area (Å²) in [6, 6.07) is 0.723. The smallest absolute Gasteiger partial charge is 0.297 e. The molecule has 84 valence electrons. The van der Waals surface area contributed by atoms with Gasteiger partial charge in [0, 0.05) is 13.1 Å². The van der Waals surface area contributed by atoms with Gasteiger partial charge < -0.3 is 19.4 Å². The maximum Gasteiger partial charge on any atom is 0.297 e. The summed E-state index contributed by atoms with van der Waals surface area (Å²) in [6.45, 7) is 5.92. The molecule has 0 amide bonds. The number of ether oxygens (including phenoxy) is 1. The normalized spacial score (nSPS) is 17.1. The van der Waals surface area contributed by atoms with Crippen LogP contribution in [0, 0.1) is 6.92 Å². The Hall–Kier alpha value is -1.07. The molecule has 1 N–H and O–H groups in total. The molecule has 0 aromatic carbocycles. The predicted octanol–water partition coefficient (Wildman–Crippen LogP) is 0.539. The van der Waals surface area contributed by atoms with Gasteiger partial charge in [-0.1, -0.05) is 0 Å². The van der Waals surface area contributed by atoms with E-state index in [1.807, 2.05) is 14.0 Å². The first-order chi connectivity index (χ1) is 7.31. The Kier molecular flexibility index (Phi) is 3.23. The molecule has 0 radical (unpaired) electrons. The van der Waals surface area contributed by atoms with E-state index in [2.05, 4.69) is 15.2 Å². The number of nitrogens with one attached hydrogen (secondary N) is 1. The van der Waals surface area contributed by atoms with Gasteiger partial charge >= 0.3 is 0 Å². The Morgan fingerprint density at radius 1 is 1.40 bits per heavy atom. The number of hydrogen-bond acceptors (Lipinski definition) is 5. The molecule has 15 heavy (non-hydrogen) atoms. The van der Waals surface area contributed by atoms with Crippen molar-refractivity contribution >= 4 is 6.01 Å². The molecule has 5 nitrogen and oxygen atoms in total. The second kappa shape index (κ2) is 4.63. The summed E-state index contributed by atoms with van der Waals surface area (Å²) < 4.78 is 11.0. The van der Waals surface area contributed by atoms with E-state index >= 15 is 0 Å². The maximum absolute atomic E-state index is 5.69. The molecule has 0 spiro atoms. The molecule has 2 rings (SSSR count). The molecule has 1 aliphatic rings. The Bertz CT molecular complexity index is 318. The van der Waals surface area contributed by atoms with Crippen molar-refractivity contribution in [3.63, 3.8) is 0 Å². The van der Waals surface area contributed by atoms with Crippen molar-refractivity contribution in [3.05, 3.63) is 11.5 Å². The number of oxazole rings is 1. The molecule has 2 heterocycles. The highest BCUT2D eigenvalue weighted by atomic mass is 16.5. The molecule has 1 aliphatic heterocycles. The molecular formula is C10H17N3O2. The topological polar surface area (TPSA) is 50.5 Å². The van der Waals surface area contributed by atoms with E-state index in [0.29, 0.717) is 0 Å². The van der Waals surface area contributed by atoms with Crippen molar-refractivity contribution in [2.45, 2.75) is 13.5 Å². The zero-order chi connectivity index (χ0) is 10.7. The molecule has 0 aliphatic carbocycles.